The summed E-state index contributed by atoms with van der Waals surface area (Å²) < 4.78 is 127. The molecule has 148 valence electrons. The molecular weight excluding hydrogens is 383 g/mol. The highest BCUT2D eigenvalue weighted by Crippen LogP contribution is 2.43. The maximum absolute atomic E-state index is 13.3. The Kier molecular flexibility index (Phi) is 5.54. The van der Waals surface area contributed by atoms with E-state index in [1.807, 2.05) is 0 Å². The molecule has 1 aliphatic heterocycles. The van der Waals surface area contributed by atoms with Crippen LogP contribution in [0.2, 0.25) is 0 Å². The van der Waals surface area contributed by atoms with Crippen LogP contribution in [0.3, 0.4) is 0 Å². The van der Waals surface area contributed by atoms with Crippen molar-refractivity contribution in [2.45, 2.75) is 43.6 Å². The van der Waals surface area contributed by atoms with Crippen LogP contribution in [0.15, 0.2) is 18.2 Å². The molecule has 3 unspecified atom stereocenters. The lowest BCUT2D eigenvalue weighted by Crippen LogP contribution is -2.40. The molecule has 0 amide bonds. The monoisotopic (exact) mass is 396 g/mol. The predicted octanol–water partition coefficient (Wildman–Crippen LogP) is 5.17. The second kappa shape index (κ2) is 6.91. The molecule has 0 aromatic heterocycles. The third-order valence-electron chi connectivity index (χ3n) is 3.91. The minimum absolute atomic E-state index is 0.144. The maximum atomic E-state index is 13.3. The summed E-state index contributed by atoms with van der Waals surface area (Å²) in [4.78, 5) is 0. The van der Waals surface area contributed by atoms with Gasteiger partial charge in [-0.25, -0.2) is 0 Å². The van der Waals surface area contributed by atoms with Gasteiger partial charge in [0.25, 0.3) is 0 Å². The average Bonchev–Trinajstić information content (AvgIpc) is 2.66. The van der Waals surface area contributed by atoms with Gasteiger partial charge in [0.15, 0.2) is 6.10 Å². The van der Waals surface area contributed by atoms with Gasteiger partial charge in [-0.2, -0.15) is 39.5 Å². The van der Waals surface area contributed by atoms with Crippen molar-refractivity contribution < 1.29 is 49.0 Å². The molecule has 0 radical (unpaired) electrons. The SMILES string of the molecule is CC1OCCOC(C(F)(F)F)C1c1cc(C(F)(F)F)cc(C(F)(F)F)c1. The van der Waals surface area contributed by atoms with Gasteiger partial charge in [0.05, 0.1) is 30.4 Å². The van der Waals surface area contributed by atoms with E-state index in [-0.39, 0.29) is 24.8 Å². The van der Waals surface area contributed by atoms with Crippen molar-refractivity contribution >= 4 is 0 Å². The van der Waals surface area contributed by atoms with Crippen LogP contribution in [-0.4, -0.2) is 31.6 Å². The molecule has 1 aromatic rings. The first kappa shape index (κ1) is 20.8. The molecule has 1 fully saturated rings. The molecule has 26 heavy (non-hydrogen) atoms. The molecule has 0 bridgehead atoms. The number of ether oxygens (including phenoxy) is 2. The van der Waals surface area contributed by atoms with E-state index in [1.165, 1.54) is 0 Å². The lowest BCUT2D eigenvalue weighted by Gasteiger charge is -2.31. The van der Waals surface area contributed by atoms with Crippen LogP contribution < -0.4 is 0 Å². The summed E-state index contributed by atoms with van der Waals surface area (Å²) in [6.07, 6.45) is -19.2. The second-order valence-electron chi connectivity index (χ2n) is 5.77. The minimum atomic E-state index is -5.17. The summed E-state index contributed by atoms with van der Waals surface area (Å²) in [6.45, 7) is 0.386. The van der Waals surface area contributed by atoms with Gasteiger partial charge >= 0.3 is 18.5 Å². The van der Waals surface area contributed by atoms with E-state index in [2.05, 4.69) is 4.74 Å². The molecule has 0 spiro atoms. The van der Waals surface area contributed by atoms with Crippen LogP contribution >= 0.6 is 0 Å². The zero-order valence-electron chi connectivity index (χ0n) is 13.1. The molecule has 1 aromatic carbocycles. The lowest BCUT2D eigenvalue weighted by molar-refractivity contribution is -0.225. The number of hydrogen-bond donors (Lipinski definition) is 0. The summed E-state index contributed by atoms with van der Waals surface area (Å²) in [5.41, 5.74) is -4.19. The standard InChI is InChI=1S/C15H13F9O2/c1-7-11(12(15(22,23)24)26-3-2-25-7)8-4-9(13(16,17)18)6-10(5-8)14(19,20)21/h4-7,11-12H,2-3H2,1H3. The first-order valence-corrected chi connectivity index (χ1v) is 7.30. The lowest BCUT2D eigenvalue weighted by atomic mass is 9.86. The second-order valence-corrected chi connectivity index (χ2v) is 5.77. The van der Waals surface area contributed by atoms with Gasteiger partial charge in [-0.05, 0) is 30.7 Å². The molecule has 3 atom stereocenters. The van der Waals surface area contributed by atoms with E-state index in [0.717, 1.165) is 6.92 Å². The highest BCUT2D eigenvalue weighted by molar-refractivity contribution is 5.37. The largest absolute Gasteiger partial charge is 0.416 e. The fourth-order valence-electron chi connectivity index (χ4n) is 2.78. The molecule has 1 heterocycles. The Morgan fingerprint density at radius 3 is 1.65 bits per heavy atom. The summed E-state index contributed by atoms with van der Waals surface area (Å²) in [7, 11) is 0. The number of alkyl halides is 9. The molecule has 0 saturated carbocycles. The van der Waals surface area contributed by atoms with E-state index >= 15 is 0 Å². The normalized spacial score (nSPS) is 25.8. The van der Waals surface area contributed by atoms with Gasteiger partial charge in [0.1, 0.15) is 0 Å². The van der Waals surface area contributed by atoms with Crippen molar-refractivity contribution in [1.29, 1.82) is 0 Å². The zero-order chi connectivity index (χ0) is 19.9. The smallest absolute Gasteiger partial charge is 0.375 e. The van der Waals surface area contributed by atoms with Crippen molar-refractivity contribution in [3.8, 4) is 0 Å². The molecule has 2 rings (SSSR count). The Morgan fingerprint density at radius 2 is 1.23 bits per heavy atom. The summed E-state index contributed by atoms with van der Waals surface area (Å²) >= 11 is 0. The molecule has 2 nitrogen and oxygen atoms in total. The van der Waals surface area contributed by atoms with Gasteiger partial charge in [-0.3, -0.25) is 0 Å². The Hall–Kier alpha value is -1.49. The summed E-state index contributed by atoms with van der Waals surface area (Å²) in [5.74, 6) is -1.89. The quantitative estimate of drug-likeness (QED) is 0.610. The Morgan fingerprint density at radius 1 is 0.769 bits per heavy atom. The molecule has 1 saturated heterocycles. The van der Waals surface area contributed by atoms with Crippen molar-refractivity contribution in [2.75, 3.05) is 13.2 Å². The molecule has 0 aliphatic carbocycles. The van der Waals surface area contributed by atoms with E-state index < -0.39 is 60.0 Å². The van der Waals surface area contributed by atoms with Crippen molar-refractivity contribution in [3.63, 3.8) is 0 Å². The van der Waals surface area contributed by atoms with E-state index in [1.54, 1.807) is 0 Å². The van der Waals surface area contributed by atoms with E-state index in [9.17, 15) is 39.5 Å². The van der Waals surface area contributed by atoms with Crippen LogP contribution in [0, 0.1) is 0 Å². The first-order valence-electron chi connectivity index (χ1n) is 7.30. The maximum Gasteiger partial charge on any atom is 0.416 e. The van der Waals surface area contributed by atoms with Crippen LogP contribution in [-0.2, 0) is 21.8 Å². The molecule has 0 N–H and O–H groups in total. The van der Waals surface area contributed by atoms with Crippen molar-refractivity contribution in [2.24, 2.45) is 0 Å². The highest BCUT2D eigenvalue weighted by Gasteiger charge is 2.50. The number of benzene rings is 1. The van der Waals surface area contributed by atoms with Gasteiger partial charge in [0.2, 0.25) is 0 Å². The fraction of sp³-hybridized carbons (Fsp3) is 0.600. The Labute approximate surface area is 141 Å². The van der Waals surface area contributed by atoms with Crippen molar-refractivity contribution in [1.82, 2.24) is 0 Å². The highest BCUT2D eigenvalue weighted by atomic mass is 19.4. The summed E-state index contributed by atoms with van der Waals surface area (Å²) in [6, 6.07) is 0.398. The minimum Gasteiger partial charge on any atom is -0.375 e. The molecular formula is C15H13F9O2. The third kappa shape index (κ3) is 4.61. The fourth-order valence-corrected chi connectivity index (χ4v) is 2.78. The number of halogens is 9. The van der Waals surface area contributed by atoms with E-state index in [4.69, 9.17) is 4.74 Å². The van der Waals surface area contributed by atoms with Crippen LogP contribution in [0.5, 0.6) is 0 Å². The number of hydrogen-bond acceptors (Lipinski definition) is 2. The average molecular weight is 396 g/mol. The zero-order valence-corrected chi connectivity index (χ0v) is 13.1. The van der Waals surface area contributed by atoms with Crippen molar-refractivity contribution in [3.05, 3.63) is 34.9 Å². The van der Waals surface area contributed by atoms with Gasteiger partial charge in [-0.1, -0.05) is 0 Å². The van der Waals surface area contributed by atoms with Gasteiger partial charge in [-0.15, -0.1) is 0 Å². The van der Waals surface area contributed by atoms with Gasteiger partial charge in [0, 0.05) is 5.92 Å². The predicted molar refractivity (Wildman–Crippen MR) is 70.4 cm³/mol. The van der Waals surface area contributed by atoms with Gasteiger partial charge < -0.3 is 9.47 Å². The van der Waals surface area contributed by atoms with Crippen LogP contribution in [0.25, 0.3) is 0 Å². The van der Waals surface area contributed by atoms with Crippen LogP contribution in [0.1, 0.15) is 29.5 Å². The Balaban J connectivity index is 2.65. The molecule has 11 heteroatoms. The number of rotatable bonds is 1. The summed E-state index contributed by atoms with van der Waals surface area (Å²) in [5, 5.41) is 0. The third-order valence-corrected chi connectivity index (χ3v) is 3.91. The topological polar surface area (TPSA) is 18.5 Å². The molecule has 1 aliphatic rings. The van der Waals surface area contributed by atoms with E-state index in [0.29, 0.717) is 0 Å². The first-order chi connectivity index (χ1) is 11.7. The Bertz CT molecular complexity index is 601. The van der Waals surface area contributed by atoms with Crippen LogP contribution in [0.4, 0.5) is 39.5 Å².